The van der Waals surface area contributed by atoms with E-state index in [0.717, 1.165) is 16.6 Å². The molecule has 0 atom stereocenters. The molecule has 5 heteroatoms. The fourth-order valence-corrected chi connectivity index (χ4v) is 1.71. The Balaban J connectivity index is 2.68. The van der Waals surface area contributed by atoms with Gasteiger partial charge in [-0.1, -0.05) is 0 Å². The van der Waals surface area contributed by atoms with Crippen molar-refractivity contribution >= 4 is 36.7 Å². The summed E-state index contributed by atoms with van der Waals surface area (Å²) in [6, 6.07) is 5.69. The molecule has 0 saturated carbocycles. The lowest BCUT2D eigenvalue weighted by molar-refractivity contribution is 0.583. The van der Waals surface area contributed by atoms with Crippen LogP contribution in [0.25, 0.3) is 10.9 Å². The largest absolute Gasteiger partial charge is 0.425 e. The number of aromatic amines is 1. The second kappa shape index (κ2) is 3.67. The Morgan fingerprint density at radius 2 is 1.71 bits per heavy atom. The molecule has 0 aliphatic rings. The van der Waals surface area contributed by atoms with E-state index >= 15 is 0 Å². The van der Waals surface area contributed by atoms with Crippen LogP contribution in [0.1, 0.15) is 5.69 Å². The fourth-order valence-electron chi connectivity index (χ4n) is 1.43. The first kappa shape index (κ1) is 9.61. The molecule has 2 aromatic rings. The monoisotopic (exact) mass is 227 g/mol. The molecule has 0 amide bonds. The van der Waals surface area contributed by atoms with E-state index in [4.69, 9.17) is 8.37 Å². The van der Waals surface area contributed by atoms with Crippen LogP contribution in [0, 0.1) is 6.92 Å². The lowest BCUT2D eigenvalue weighted by Gasteiger charge is -2.04. The molecule has 0 bridgehead atoms. The number of aryl methyl sites for hydroxylation is 1. The van der Waals surface area contributed by atoms with Crippen molar-refractivity contribution in [1.82, 2.24) is 4.98 Å². The molecular formula is C9H9NO2S2. The van der Waals surface area contributed by atoms with Crippen LogP contribution < -0.4 is 8.37 Å². The molecule has 0 saturated heterocycles. The van der Waals surface area contributed by atoms with Gasteiger partial charge in [0.2, 0.25) is 0 Å². The van der Waals surface area contributed by atoms with Crippen molar-refractivity contribution in [3.05, 3.63) is 23.9 Å². The number of rotatable bonds is 2. The molecule has 1 aromatic heterocycles. The average molecular weight is 227 g/mol. The quantitative estimate of drug-likeness (QED) is 0.544. The molecule has 0 aliphatic carbocycles. The number of hydrogen-bond acceptors (Lipinski definition) is 4. The third-order valence-corrected chi connectivity index (χ3v) is 2.41. The van der Waals surface area contributed by atoms with Gasteiger partial charge in [0, 0.05) is 48.5 Å². The van der Waals surface area contributed by atoms with Crippen LogP contribution in [0.3, 0.4) is 0 Å². The van der Waals surface area contributed by atoms with E-state index in [-0.39, 0.29) is 0 Å². The normalized spacial score (nSPS) is 10.5. The van der Waals surface area contributed by atoms with Gasteiger partial charge in [0.25, 0.3) is 0 Å². The Hall–Kier alpha value is -0.940. The number of thiol groups is 2. The summed E-state index contributed by atoms with van der Waals surface area (Å²) in [6.45, 7) is 1.99. The Morgan fingerprint density at radius 3 is 2.36 bits per heavy atom. The molecule has 2 rings (SSSR count). The van der Waals surface area contributed by atoms with Gasteiger partial charge in [-0.25, -0.2) is 0 Å². The van der Waals surface area contributed by atoms with E-state index in [1.54, 1.807) is 0 Å². The lowest BCUT2D eigenvalue weighted by Crippen LogP contribution is -1.82. The van der Waals surface area contributed by atoms with Gasteiger partial charge in [-0.3, -0.25) is 0 Å². The van der Waals surface area contributed by atoms with Crippen molar-refractivity contribution in [2.75, 3.05) is 0 Å². The SMILES string of the molecule is Cc1cc2cc(OS)c(OS)cc2[nH]1. The van der Waals surface area contributed by atoms with Gasteiger partial charge in [0.05, 0.1) is 0 Å². The van der Waals surface area contributed by atoms with Gasteiger partial charge in [0.15, 0.2) is 11.5 Å². The van der Waals surface area contributed by atoms with Crippen molar-refractivity contribution in [3.63, 3.8) is 0 Å². The van der Waals surface area contributed by atoms with Gasteiger partial charge in [-0.2, -0.15) is 0 Å². The minimum atomic E-state index is 0.540. The minimum Gasteiger partial charge on any atom is -0.425 e. The lowest BCUT2D eigenvalue weighted by atomic mass is 10.2. The molecule has 74 valence electrons. The zero-order valence-electron chi connectivity index (χ0n) is 7.44. The van der Waals surface area contributed by atoms with Crippen molar-refractivity contribution in [2.45, 2.75) is 6.92 Å². The van der Waals surface area contributed by atoms with Gasteiger partial charge < -0.3 is 13.4 Å². The maximum Gasteiger partial charge on any atom is 0.182 e. The zero-order valence-corrected chi connectivity index (χ0v) is 9.23. The standard InChI is InChI=1S/C9H9NO2S2/c1-5-2-6-3-8(11-13)9(12-14)4-7(6)10-5/h2-4,10,13-14H,1H3. The molecule has 14 heavy (non-hydrogen) atoms. The number of benzene rings is 1. The van der Waals surface area contributed by atoms with Crippen molar-refractivity contribution in [2.24, 2.45) is 0 Å². The average Bonchev–Trinajstić information content (AvgIpc) is 2.54. The Labute approximate surface area is 92.6 Å². The summed E-state index contributed by atoms with van der Waals surface area (Å²) in [7, 11) is 0. The van der Waals surface area contributed by atoms with Crippen LogP contribution in [0.2, 0.25) is 0 Å². The second-order valence-corrected chi connectivity index (χ2v) is 3.39. The second-order valence-electron chi connectivity index (χ2n) is 3.02. The number of hydrogen-bond donors (Lipinski definition) is 3. The van der Waals surface area contributed by atoms with E-state index in [2.05, 4.69) is 30.8 Å². The summed E-state index contributed by atoms with van der Waals surface area (Å²) >= 11 is 7.48. The van der Waals surface area contributed by atoms with Crippen LogP contribution in [-0.4, -0.2) is 4.98 Å². The summed E-state index contributed by atoms with van der Waals surface area (Å²) in [6.07, 6.45) is 0. The summed E-state index contributed by atoms with van der Waals surface area (Å²) in [5.74, 6) is 1.09. The molecule has 3 nitrogen and oxygen atoms in total. The topological polar surface area (TPSA) is 34.2 Å². The first-order chi connectivity index (χ1) is 6.74. The molecule has 0 radical (unpaired) electrons. The maximum atomic E-state index is 4.86. The molecule has 0 aliphatic heterocycles. The highest BCUT2D eigenvalue weighted by Gasteiger charge is 2.07. The van der Waals surface area contributed by atoms with Gasteiger partial charge in [-0.15, -0.1) is 0 Å². The first-order valence-electron chi connectivity index (χ1n) is 4.01. The Morgan fingerprint density at radius 1 is 1.07 bits per heavy atom. The van der Waals surface area contributed by atoms with Crippen molar-refractivity contribution < 1.29 is 8.37 Å². The highest BCUT2D eigenvalue weighted by atomic mass is 32.1. The highest BCUT2D eigenvalue weighted by Crippen LogP contribution is 2.33. The highest BCUT2D eigenvalue weighted by molar-refractivity contribution is 7.75. The van der Waals surface area contributed by atoms with E-state index in [1.807, 2.05) is 25.1 Å². The summed E-state index contributed by atoms with van der Waals surface area (Å²) in [5.41, 5.74) is 2.07. The van der Waals surface area contributed by atoms with E-state index in [9.17, 15) is 0 Å². The molecule has 1 heterocycles. The molecule has 0 spiro atoms. The summed E-state index contributed by atoms with van der Waals surface area (Å²) in [5, 5.41) is 1.06. The van der Waals surface area contributed by atoms with Crippen LogP contribution in [0.4, 0.5) is 0 Å². The zero-order chi connectivity index (χ0) is 10.1. The number of fused-ring (bicyclic) bond motifs is 1. The van der Waals surface area contributed by atoms with Gasteiger partial charge in [0.1, 0.15) is 0 Å². The van der Waals surface area contributed by atoms with Crippen molar-refractivity contribution in [1.29, 1.82) is 0 Å². The number of nitrogens with one attached hydrogen (secondary N) is 1. The maximum absolute atomic E-state index is 4.86. The summed E-state index contributed by atoms with van der Waals surface area (Å²) in [4.78, 5) is 3.19. The Bertz CT molecular complexity index is 426. The molecular weight excluding hydrogens is 218 g/mol. The third-order valence-electron chi connectivity index (χ3n) is 2.02. The molecule has 0 unspecified atom stereocenters. The van der Waals surface area contributed by atoms with Crippen molar-refractivity contribution in [3.8, 4) is 11.5 Å². The van der Waals surface area contributed by atoms with E-state index < -0.39 is 0 Å². The number of H-pyrrole nitrogens is 1. The molecule has 0 fully saturated rings. The van der Waals surface area contributed by atoms with Crippen LogP contribution >= 0.6 is 25.8 Å². The minimum absolute atomic E-state index is 0.540. The van der Waals surface area contributed by atoms with Gasteiger partial charge >= 0.3 is 0 Å². The third kappa shape index (κ3) is 1.53. The molecule has 1 aromatic carbocycles. The van der Waals surface area contributed by atoms with E-state index in [1.165, 1.54) is 0 Å². The van der Waals surface area contributed by atoms with Crippen LogP contribution in [0.15, 0.2) is 18.2 Å². The van der Waals surface area contributed by atoms with Gasteiger partial charge in [-0.05, 0) is 19.1 Å². The predicted octanol–water partition coefficient (Wildman–Crippen LogP) is 2.92. The van der Waals surface area contributed by atoms with Crippen LogP contribution in [-0.2, 0) is 0 Å². The predicted molar refractivity (Wildman–Crippen MR) is 62.3 cm³/mol. The first-order valence-corrected chi connectivity index (χ1v) is 4.74. The van der Waals surface area contributed by atoms with E-state index in [0.29, 0.717) is 11.5 Å². The Kier molecular flexibility index (Phi) is 2.52. The number of aromatic nitrogens is 1. The van der Waals surface area contributed by atoms with Crippen LogP contribution in [0.5, 0.6) is 11.5 Å². The molecule has 1 N–H and O–H groups in total. The fraction of sp³-hybridized carbons (Fsp3) is 0.111. The summed E-state index contributed by atoms with van der Waals surface area (Å²) < 4.78 is 9.71. The smallest absolute Gasteiger partial charge is 0.182 e.